The van der Waals surface area contributed by atoms with Crippen LogP contribution in [-0.2, 0) is 6.42 Å². The van der Waals surface area contributed by atoms with E-state index in [1.807, 2.05) is 62.4 Å². The van der Waals surface area contributed by atoms with Gasteiger partial charge in [0.2, 0.25) is 4.96 Å². The van der Waals surface area contributed by atoms with Gasteiger partial charge >= 0.3 is 0 Å². The second-order valence-electron chi connectivity index (χ2n) is 6.61. The number of para-hydroxylation sites is 1. The van der Waals surface area contributed by atoms with Crippen LogP contribution >= 0.6 is 11.3 Å². The highest BCUT2D eigenvalue weighted by Crippen LogP contribution is 2.18. The van der Waals surface area contributed by atoms with Crippen LogP contribution in [-0.4, -0.2) is 21.2 Å². The molecule has 0 N–H and O–H groups in total. The van der Waals surface area contributed by atoms with Gasteiger partial charge < -0.3 is 4.74 Å². The first kappa shape index (κ1) is 19.0. The fraction of sp³-hybridized carbons (Fsp3) is 0.182. The molecule has 0 spiro atoms. The molecule has 4 rings (SSSR count). The second-order valence-corrected chi connectivity index (χ2v) is 7.62. The van der Waals surface area contributed by atoms with Gasteiger partial charge in [-0.2, -0.15) is 14.6 Å². The molecule has 0 saturated carbocycles. The van der Waals surface area contributed by atoms with Gasteiger partial charge in [0.25, 0.3) is 11.1 Å². The second kappa shape index (κ2) is 7.97. The lowest BCUT2D eigenvalue weighted by atomic mass is 10.1. The van der Waals surface area contributed by atoms with E-state index in [2.05, 4.69) is 10.1 Å². The lowest BCUT2D eigenvalue weighted by molar-refractivity contribution is 0.339. The third kappa shape index (κ3) is 3.95. The number of fused-ring (bicyclic) bond motifs is 1. The Morgan fingerprint density at radius 2 is 1.86 bits per heavy atom. The van der Waals surface area contributed by atoms with E-state index >= 15 is 0 Å². The van der Waals surface area contributed by atoms with Crippen LogP contribution in [0.2, 0.25) is 0 Å². The third-order valence-electron chi connectivity index (χ3n) is 4.45. The number of ether oxygens (including phenoxy) is 1. The molecule has 7 heteroatoms. The predicted molar refractivity (Wildman–Crippen MR) is 114 cm³/mol. The summed E-state index contributed by atoms with van der Waals surface area (Å²) >= 11 is 1.14. The first-order valence-electron chi connectivity index (χ1n) is 9.27. The monoisotopic (exact) mass is 405 g/mol. The molecule has 0 saturated heterocycles. The summed E-state index contributed by atoms with van der Waals surface area (Å²) in [5, 5.41) is 4.30. The molecule has 4 aromatic rings. The molecular weight excluding hydrogens is 386 g/mol. The van der Waals surface area contributed by atoms with Gasteiger partial charge in [-0.3, -0.25) is 9.59 Å². The van der Waals surface area contributed by atoms with Gasteiger partial charge in [-0.25, -0.2) is 0 Å². The van der Waals surface area contributed by atoms with Crippen molar-refractivity contribution in [3.05, 3.63) is 96.2 Å². The smallest absolute Gasteiger partial charge is 0.296 e. The van der Waals surface area contributed by atoms with Gasteiger partial charge in [0.15, 0.2) is 0 Å². The highest BCUT2D eigenvalue weighted by atomic mass is 32.1. The average Bonchev–Trinajstić information content (AvgIpc) is 3.00. The van der Waals surface area contributed by atoms with Crippen LogP contribution < -0.4 is 20.4 Å². The lowest BCUT2D eigenvalue weighted by Crippen LogP contribution is -2.28. The van der Waals surface area contributed by atoms with Gasteiger partial charge in [-0.15, -0.1) is 0 Å². The molecule has 2 aromatic heterocycles. The predicted octanol–water partition coefficient (Wildman–Crippen LogP) is 2.36. The fourth-order valence-corrected chi connectivity index (χ4v) is 3.87. The summed E-state index contributed by atoms with van der Waals surface area (Å²) in [5.74, 6) is 0.697. The van der Waals surface area contributed by atoms with E-state index < -0.39 is 5.56 Å². The van der Waals surface area contributed by atoms with Crippen LogP contribution in [0.25, 0.3) is 11.0 Å². The molecule has 0 aliphatic rings. The molecule has 6 nitrogen and oxygen atoms in total. The van der Waals surface area contributed by atoms with E-state index in [1.54, 1.807) is 6.08 Å². The normalized spacial score (nSPS) is 11.9. The van der Waals surface area contributed by atoms with E-state index in [0.717, 1.165) is 28.0 Å². The molecule has 0 unspecified atom stereocenters. The standard InChI is InChI=1S/C22H19N3O3S/c1-3-28-18-7-5-4-6-16(18)13-19-21(27)25-22(29-19)23-20(26)17(24-25)12-15-10-8-14(2)9-11-15/h4-11,13H,3,12H2,1-2H3/b19-13-. The molecule has 0 bridgehead atoms. The molecular formula is C22H19N3O3S. The number of thiazole rings is 1. The molecule has 0 aliphatic heterocycles. The van der Waals surface area contributed by atoms with Crippen molar-refractivity contribution in [3.63, 3.8) is 0 Å². The van der Waals surface area contributed by atoms with E-state index in [-0.39, 0.29) is 16.2 Å². The van der Waals surface area contributed by atoms with Crippen LogP contribution in [0, 0.1) is 6.92 Å². The van der Waals surface area contributed by atoms with E-state index in [0.29, 0.717) is 23.3 Å². The number of benzene rings is 2. The SMILES string of the molecule is CCOc1ccccc1/C=c1\sc2nc(=O)c(Cc3ccc(C)cc3)nn2c1=O. The zero-order valence-electron chi connectivity index (χ0n) is 16.1. The van der Waals surface area contributed by atoms with Crippen molar-refractivity contribution in [2.24, 2.45) is 0 Å². The number of hydrogen-bond acceptors (Lipinski definition) is 6. The lowest BCUT2D eigenvalue weighted by Gasteiger charge is -2.05. The summed E-state index contributed by atoms with van der Waals surface area (Å²) < 4.78 is 7.28. The number of nitrogens with zero attached hydrogens (tertiary/aromatic N) is 3. The Bertz CT molecular complexity index is 1340. The topological polar surface area (TPSA) is 73.6 Å². The zero-order valence-corrected chi connectivity index (χ0v) is 16.9. The largest absolute Gasteiger partial charge is 0.493 e. The Balaban J connectivity index is 1.79. The van der Waals surface area contributed by atoms with Crippen molar-refractivity contribution < 1.29 is 4.74 Å². The van der Waals surface area contributed by atoms with E-state index in [1.165, 1.54) is 4.52 Å². The van der Waals surface area contributed by atoms with Gasteiger partial charge in [0, 0.05) is 12.0 Å². The highest BCUT2D eigenvalue weighted by molar-refractivity contribution is 7.15. The van der Waals surface area contributed by atoms with Crippen molar-refractivity contribution >= 4 is 22.4 Å². The molecule has 2 aromatic carbocycles. The minimum Gasteiger partial charge on any atom is -0.493 e. The minimum absolute atomic E-state index is 0.252. The number of aryl methyl sites for hydroxylation is 1. The van der Waals surface area contributed by atoms with E-state index in [9.17, 15) is 9.59 Å². The number of rotatable bonds is 5. The van der Waals surface area contributed by atoms with Gasteiger partial charge in [-0.05, 0) is 31.6 Å². The summed E-state index contributed by atoms with van der Waals surface area (Å²) in [6.07, 6.45) is 2.08. The van der Waals surface area contributed by atoms with Crippen molar-refractivity contribution in [1.82, 2.24) is 14.6 Å². The van der Waals surface area contributed by atoms with Crippen molar-refractivity contribution in [1.29, 1.82) is 0 Å². The molecule has 0 fully saturated rings. The number of hydrogen-bond donors (Lipinski definition) is 0. The Kier molecular flexibility index (Phi) is 5.22. The Hall–Kier alpha value is -3.32. The van der Waals surface area contributed by atoms with Gasteiger partial charge in [-0.1, -0.05) is 59.4 Å². The molecule has 146 valence electrons. The first-order valence-corrected chi connectivity index (χ1v) is 10.1. The summed E-state index contributed by atoms with van der Waals surface area (Å²) in [5.41, 5.74) is 2.42. The van der Waals surface area contributed by atoms with Gasteiger partial charge in [0.05, 0.1) is 11.1 Å². The molecule has 0 aliphatic carbocycles. The van der Waals surface area contributed by atoms with Crippen LogP contribution in [0.4, 0.5) is 0 Å². The maximum absolute atomic E-state index is 12.9. The molecule has 29 heavy (non-hydrogen) atoms. The summed E-state index contributed by atoms with van der Waals surface area (Å²) in [7, 11) is 0. The molecule has 0 radical (unpaired) electrons. The minimum atomic E-state index is -0.409. The third-order valence-corrected chi connectivity index (χ3v) is 5.41. The maximum atomic E-state index is 12.9. The van der Waals surface area contributed by atoms with Crippen molar-refractivity contribution in [2.75, 3.05) is 6.61 Å². The quantitative estimate of drug-likeness (QED) is 0.510. The molecule has 0 amide bonds. The average molecular weight is 405 g/mol. The van der Waals surface area contributed by atoms with Gasteiger partial charge in [0.1, 0.15) is 11.4 Å². The zero-order chi connectivity index (χ0) is 20.4. The first-order chi connectivity index (χ1) is 14.0. The summed E-state index contributed by atoms with van der Waals surface area (Å²) in [4.78, 5) is 29.6. The Morgan fingerprint density at radius 1 is 1.10 bits per heavy atom. The van der Waals surface area contributed by atoms with Crippen LogP contribution in [0.5, 0.6) is 5.75 Å². The van der Waals surface area contributed by atoms with Crippen molar-refractivity contribution in [3.8, 4) is 5.75 Å². The maximum Gasteiger partial charge on any atom is 0.296 e. The summed E-state index contributed by atoms with van der Waals surface area (Å²) in [6.45, 7) is 4.44. The summed E-state index contributed by atoms with van der Waals surface area (Å²) in [6, 6.07) is 15.3. The highest BCUT2D eigenvalue weighted by Gasteiger charge is 2.12. The van der Waals surface area contributed by atoms with E-state index in [4.69, 9.17) is 4.74 Å². The van der Waals surface area contributed by atoms with Crippen LogP contribution in [0.3, 0.4) is 0 Å². The van der Waals surface area contributed by atoms with Crippen LogP contribution in [0.1, 0.15) is 29.3 Å². The fourth-order valence-electron chi connectivity index (χ4n) is 2.98. The molecule has 2 heterocycles. The van der Waals surface area contributed by atoms with Crippen LogP contribution in [0.15, 0.2) is 58.1 Å². The Labute approximate surface area is 170 Å². The van der Waals surface area contributed by atoms with Crippen molar-refractivity contribution in [2.45, 2.75) is 20.3 Å². The number of aromatic nitrogens is 3. The Morgan fingerprint density at radius 3 is 2.62 bits per heavy atom. The molecule has 0 atom stereocenters.